The van der Waals surface area contributed by atoms with E-state index in [9.17, 15) is 0 Å². The first-order chi connectivity index (χ1) is 11.3. The zero-order valence-electron chi connectivity index (χ0n) is 14.4. The number of methoxy groups -OCH3 is 2. The molecule has 0 unspecified atom stereocenters. The molecule has 128 valence electrons. The smallest absolute Gasteiger partial charge is 0.142 e. The maximum Gasteiger partial charge on any atom is 0.142 e. The highest BCUT2D eigenvalue weighted by atomic mass is 16.5. The first-order valence-electron chi connectivity index (χ1n) is 8.74. The molecule has 0 saturated carbocycles. The summed E-state index contributed by atoms with van der Waals surface area (Å²) in [5.74, 6) is 1.96. The van der Waals surface area contributed by atoms with Gasteiger partial charge in [-0.1, -0.05) is 0 Å². The Balaban J connectivity index is 1.75. The van der Waals surface area contributed by atoms with Crippen molar-refractivity contribution >= 4 is 5.69 Å². The third kappa shape index (κ3) is 3.90. The van der Waals surface area contributed by atoms with Crippen LogP contribution in [0.3, 0.4) is 0 Å². The molecule has 0 amide bonds. The minimum absolute atomic E-state index is 0.975. The molecule has 2 heterocycles. The van der Waals surface area contributed by atoms with Crippen LogP contribution < -0.4 is 19.7 Å². The van der Waals surface area contributed by atoms with E-state index in [-0.39, 0.29) is 0 Å². The van der Waals surface area contributed by atoms with Gasteiger partial charge in [-0.3, -0.25) is 0 Å². The van der Waals surface area contributed by atoms with Crippen LogP contribution in [0.25, 0.3) is 0 Å². The largest absolute Gasteiger partial charge is 0.496 e. The van der Waals surface area contributed by atoms with Gasteiger partial charge in [0.2, 0.25) is 0 Å². The molecule has 2 aliphatic rings. The number of hydrogen-bond donors (Lipinski definition) is 1. The Kier molecular flexibility index (Phi) is 5.62. The summed E-state index contributed by atoms with van der Waals surface area (Å²) in [6.45, 7) is 7.74. The third-order valence-corrected chi connectivity index (χ3v) is 4.94. The zero-order valence-corrected chi connectivity index (χ0v) is 14.4. The lowest BCUT2D eigenvalue weighted by atomic mass is 10.1. The molecule has 0 aliphatic carbocycles. The van der Waals surface area contributed by atoms with E-state index in [0.717, 1.165) is 63.7 Å². The summed E-state index contributed by atoms with van der Waals surface area (Å²) in [5, 5.41) is 3.40. The topological polar surface area (TPSA) is 37.0 Å². The summed E-state index contributed by atoms with van der Waals surface area (Å²) >= 11 is 0. The summed E-state index contributed by atoms with van der Waals surface area (Å²) in [6, 6.07) is 4.34. The molecule has 23 heavy (non-hydrogen) atoms. The van der Waals surface area contributed by atoms with Crippen molar-refractivity contribution in [3.8, 4) is 11.5 Å². The molecule has 0 bridgehead atoms. The average Bonchev–Trinajstić information content (AvgIpc) is 3.14. The van der Waals surface area contributed by atoms with Crippen molar-refractivity contribution in [2.45, 2.75) is 19.3 Å². The van der Waals surface area contributed by atoms with Crippen molar-refractivity contribution in [1.82, 2.24) is 10.2 Å². The van der Waals surface area contributed by atoms with Crippen molar-refractivity contribution in [1.29, 1.82) is 0 Å². The Morgan fingerprint density at radius 3 is 2.30 bits per heavy atom. The molecule has 1 aromatic rings. The highest BCUT2D eigenvalue weighted by Crippen LogP contribution is 2.37. The normalized spacial score (nSPS) is 19.1. The van der Waals surface area contributed by atoms with E-state index < -0.39 is 0 Å². The molecular formula is C18H29N3O2. The maximum atomic E-state index is 5.67. The van der Waals surface area contributed by atoms with Gasteiger partial charge in [0.25, 0.3) is 0 Å². The van der Waals surface area contributed by atoms with E-state index in [4.69, 9.17) is 9.47 Å². The second-order valence-corrected chi connectivity index (χ2v) is 6.37. The number of benzene rings is 1. The van der Waals surface area contributed by atoms with Crippen LogP contribution in [0.5, 0.6) is 11.5 Å². The van der Waals surface area contributed by atoms with Crippen molar-refractivity contribution < 1.29 is 9.47 Å². The van der Waals surface area contributed by atoms with Gasteiger partial charge in [0.15, 0.2) is 0 Å². The van der Waals surface area contributed by atoms with Crippen molar-refractivity contribution in [2.24, 2.45) is 0 Å². The summed E-state index contributed by atoms with van der Waals surface area (Å²) in [6.07, 6.45) is 3.52. The molecule has 0 radical (unpaired) electrons. The lowest BCUT2D eigenvalue weighted by molar-refractivity contribution is 0.243. The lowest BCUT2D eigenvalue weighted by Crippen LogP contribution is -2.44. The molecule has 2 saturated heterocycles. The molecule has 0 atom stereocenters. The predicted molar refractivity (Wildman–Crippen MR) is 94.0 cm³/mol. The van der Waals surface area contributed by atoms with Crippen LogP contribution in [0.4, 0.5) is 5.69 Å². The predicted octanol–water partition coefficient (Wildman–Crippen LogP) is 1.75. The molecule has 0 aromatic heterocycles. The van der Waals surface area contributed by atoms with Gasteiger partial charge < -0.3 is 24.6 Å². The quantitative estimate of drug-likeness (QED) is 0.865. The number of hydrogen-bond acceptors (Lipinski definition) is 5. The molecule has 0 spiro atoms. The van der Waals surface area contributed by atoms with E-state index >= 15 is 0 Å². The number of piperazine rings is 1. The Labute approximate surface area is 139 Å². The second kappa shape index (κ2) is 7.88. The van der Waals surface area contributed by atoms with Crippen molar-refractivity contribution in [3.05, 3.63) is 17.7 Å². The average molecular weight is 319 g/mol. The number of ether oxygens (including phenoxy) is 2. The fourth-order valence-corrected chi connectivity index (χ4v) is 3.56. The van der Waals surface area contributed by atoms with Gasteiger partial charge in [0.05, 0.1) is 19.9 Å². The standard InChI is InChI=1S/C18H29N3O2/c1-22-17-14-16(21-8-3-4-9-21)18(23-2)13-15(17)5-10-20-11-6-19-7-12-20/h13-14,19H,3-12H2,1-2H3. The molecule has 2 aliphatic heterocycles. The van der Waals surface area contributed by atoms with E-state index in [2.05, 4.69) is 27.2 Å². The lowest BCUT2D eigenvalue weighted by Gasteiger charge is -2.28. The van der Waals surface area contributed by atoms with Gasteiger partial charge in [-0.2, -0.15) is 0 Å². The van der Waals surface area contributed by atoms with Gasteiger partial charge in [-0.15, -0.1) is 0 Å². The molecule has 1 aromatic carbocycles. The fourth-order valence-electron chi connectivity index (χ4n) is 3.56. The second-order valence-electron chi connectivity index (χ2n) is 6.37. The minimum atomic E-state index is 0.975. The number of rotatable bonds is 6. The monoisotopic (exact) mass is 319 g/mol. The maximum absolute atomic E-state index is 5.67. The van der Waals surface area contributed by atoms with Crippen molar-refractivity contribution in [2.75, 3.05) is 64.9 Å². The highest BCUT2D eigenvalue weighted by Gasteiger charge is 2.20. The van der Waals surface area contributed by atoms with E-state index in [1.807, 2.05) is 0 Å². The van der Waals surface area contributed by atoms with Crippen molar-refractivity contribution in [3.63, 3.8) is 0 Å². The van der Waals surface area contributed by atoms with Crippen LogP contribution in [0.2, 0.25) is 0 Å². The summed E-state index contributed by atoms with van der Waals surface area (Å²) < 4.78 is 11.3. The molecule has 3 rings (SSSR count). The van der Waals surface area contributed by atoms with E-state index in [1.165, 1.54) is 24.1 Å². The summed E-state index contributed by atoms with van der Waals surface area (Å²) in [7, 11) is 3.53. The Morgan fingerprint density at radius 1 is 0.957 bits per heavy atom. The minimum Gasteiger partial charge on any atom is -0.496 e. The number of nitrogens with zero attached hydrogens (tertiary/aromatic N) is 2. The number of nitrogens with one attached hydrogen (secondary N) is 1. The van der Waals surface area contributed by atoms with E-state index in [1.54, 1.807) is 14.2 Å². The van der Waals surface area contributed by atoms with Crippen LogP contribution in [-0.4, -0.2) is 64.9 Å². The molecule has 5 heteroatoms. The number of anilines is 1. The van der Waals surface area contributed by atoms with Crippen LogP contribution in [0.1, 0.15) is 18.4 Å². The van der Waals surface area contributed by atoms with Gasteiger partial charge in [0.1, 0.15) is 11.5 Å². The van der Waals surface area contributed by atoms with Gasteiger partial charge >= 0.3 is 0 Å². The first kappa shape index (κ1) is 16.4. The summed E-state index contributed by atoms with van der Waals surface area (Å²) in [4.78, 5) is 4.91. The summed E-state index contributed by atoms with van der Waals surface area (Å²) in [5.41, 5.74) is 2.42. The highest BCUT2D eigenvalue weighted by molar-refractivity contribution is 5.64. The van der Waals surface area contributed by atoms with Crippen LogP contribution in [0.15, 0.2) is 12.1 Å². The van der Waals surface area contributed by atoms with Crippen LogP contribution >= 0.6 is 0 Å². The molecular weight excluding hydrogens is 290 g/mol. The Morgan fingerprint density at radius 2 is 1.65 bits per heavy atom. The SMILES string of the molecule is COc1cc(N2CCCC2)c(OC)cc1CCN1CCNCC1. The fraction of sp³-hybridized carbons (Fsp3) is 0.667. The molecule has 5 nitrogen and oxygen atoms in total. The van der Waals surface area contributed by atoms with Crippen LogP contribution in [0, 0.1) is 0 Å². The van der Waals surface area contributed by atoms with Gasteiger partial charge in [0, 0.05) is 51.9 Å². The first-order valence-corrected chi connectivity index (χ1v) is 8.74. The van der Waals surface area contributed by atoms with E-state index in [0.29, 0.717) is 0 Å². The Bertz CT molecular complexity index is 509. The van der Waals surface area contributed by atoms with Crippen LogP contribution in [-0.2, 0) is 6.42 Å². The van der Waals surface area contributed by atoms with Gasteiger partial charge in [-0.25, -0.2) is 0 Å². The molecule has 1 N–H and O–H groups in total. The zero-order chi connectivity index (χ0) is 16.1. The third-order valence-electron chi connectivity index (χ3n) is 4.94. The molecule has 2 fully saturated rings. The van der Waals surface area contributed by atoms with Gasteiger partial charge in [-0.05, 0) is 30.9 Å². The Hall–Kier alpha value is -1.46.